The molecule has 116 valence electrons. The van der Waals surface area contributed by atoms with Crippen molar-refractivity contribution in [2.75, 3.05) is 0 Å². The lowest BCUT2D eigenvalue weighted by Gasteiger charge is -2.18. The highest BCUT2D eigenvalue weighted by molar-refractivity contribution is 5.84. The quantitative estimate of drug-likeness (QED) is 0.528. The summed E-state index contributed by atoms with van der Waals surface area (Å²) in [6, 6.07) is 3.65. The van der Waals surface area contributed by atoms with E-state index >= 15 is 0 Å². The Morgan fingerprint density at radius 1 is 1.29 bits per heavy atom. The predicted molar refractivity (Wildman–Crippen MR) is 60.7 cm³/mol. The van der Waals surface area contributed by atoms with Crippen molar-refractivity contribution in [3.05, 3.63) is 39.4 Å². The molecule has 0 aromatic heterocycles. The van der Waals surface area contributed by atoms with Gasteiger partial charge >= 0.3 is 18.0 Å². The maximum absolute atomic E-state index is 12.7. The zero-order valence-corrected chi connectivity index (χ0v) is 10.5. The molecule has 0 saturated carbocycles. The molecule has 0 saturated heterocycles. The van der Waals surface area contributed by atoms with Crippen molar-refractivity contribution in [2.24, 2.45) is 0 Å². The molecule has 10 heteroatoms. The average Bonchev–Trinajstić information content (AvgIpc) is 2.35. The molecule has 1 aromatic carbocycles. The molecule has 0 atom stereocenters. The number of nitro groups is 1. The van der Waals surface area contributed by atoms with Gasteiger partial charge in [-0.1, -0.05) is 12.1 Å². The summed E-state index contributed by atoms with van der Waals surface area (Å²) < 4.78 is 61.3. The number of nitro benzene ring substituents is 1. The normalized spacial score (nSPS) is 12.1. The predicted octanol–water partition coefficient (Wildman–Crippen LogP) is 2.72. The van der Waals surface area contributed by atoms with Gasteiger partial charge in [0.05, 0.1) is 4.92 Å². The molecule has 0 radical (unpaired) electrons. The van der Waals surface area contributed by atoms with E-state index in [1.54, 1.807) is 0 Å². The molecule has 0 aliphatic carbocycles. The Hall–Kier alpha value is -2.26. The number of halogens is 5. The minimum absolute atomic E-state index is 0.0653. The standard InChI is InChI=1S/C11H9F5N2O3/c1-6-7(3-2-4-8(6)18(20)21)5-17-9(19)10(12,13)11(14,15)16/h2-4H,5H2,1H3,(H,17,19). The summed E-state index contributed by atoms with van der Waals surface area (Å²) >= 11 is 0. The van der Waals surface area contributed by atoms with Crippen LogP contribution in [0.15, 0.2) is 18.2 Å². The SMILES string of the molecule is Cc1c(CNC(=O)C(F)(F)C(F)(F)F)cccc1[N+](=O)[O-]. The largest absolute Gasteiger partial charge is 0.463 e. The summed E-state index contributed by atoms with van der Waals surface area (Å²) in [6.07, 6.45) is -6.01. The van der Waals surface area contributed by atoms with Gasteiger partial charge in [0.15, 0.2) is 0 Å². The van der Waals surface area contributed by atoms with Crippen LogP contribution in [0.1, 0.15) is 11.1 Å². The van der Waals surface area contributed by atoms with Crippen LogP contribution in [0.2, 0.25) is 0 Å². The van der Waals surface area contributed by atoms with E-state index < -0.39 is 29.5 Å². The number of amides is 1. The van der Waals surface area contributed by atoms with Gasteiger partial charge in [-0.25, -0.2) is 0 Å². The number of carbonyl (C=O) groups excluding carboxylic acids is 1. The van der Waals surface area contributed by atoms with Crippen LogP contribution in [0, 0.1) is 17.0 Å². The van der Waals surface area contributed by atoms with Gasteiger partial charge in [-0.2, -0.15) is 22.0 Å². The highest BCUT2D eigenvalue weighted by Gasteiger charge is 2.63. The van der Waals surface area contributed by atoms with E-state index in [0.29, 0.717) is 0 Å². The van der Waals surface area contributed by atoms with E-state index in [2.05, 4.69) is 0 Å². The highest BCUT2D eigenvalue weighted by Crippen LogP contribution is 2.35. The third-order valence-electron chi connectivity index (χ3n) is 2.69. The first-order chi connectivity index (χ1) is 9.48. The molecule has 1 rings (SSSR count). The first kappa shape index (κ1) is 16.8. The lowest BCUT2D eigenvalue weighted by Crippen LogP contribution is -2.50. The lowest BCUT2D eigenvalue weighted by atomic mass is 10.1. The third-order valence-corrected chi connectivity index (χ3v) is 2.69. The zero-order valence-electron chi connectivity index (χ0n) is 10.5. The van der Waals surface area contributed by atoms with Crippen LogP contribution in [0.25, 0.3) is 0 Å². The number of hydrogen-bond acceptors (Lipinski definition) is 3. The number of carbonyl (C=O) groups is 1. The Bertz CT molecular complexity index is 571. The van der Waals surface area contributed by atoms with Crippen molar-refractivity contribution in [1.82, 2.24) is 5.32 Å². The van der Waals surface area contributed by atoms with Gasteiger partial charge in [0.1, 0.15) is 0 Å². The van der Waals surface area contributed by atoms with Crippen LogP contribution in [-0.4, -0.2) is 22.9 Å². The number of rotatable bonds is 4. The minimum Gasteiger partial charge on any atom is -0.346 e. The molecule has 21 heavy (non-hydrogen) atoms. The van der Waals surface area contributed by atoms with Gasteiger partial charge in [-0.15, -0.1) is 0 Å². The molecular weight excluding hydrogens is 303 g/mol. The van der Waals surface area contributed by atoms with Gasteiger partial charge in [0.2, 0.25) is 0 Å². The van der Waals surface area contributed by atoms with E-state index in [-0.39, 0.29) is 16.8 Å². The number of benzene rings is 1. The van der Waals surface area contributed by atoms with Gasteiger partial charge in [0.25, 0.3) is 5.69 Å². The van der Waals surface area contributed by atoms with Gasteiger partial charge in [0, 0.05) is 18.2 Å². The lowest BCUT2D eigenvalue weighted by molar-refractivity contribution is -0.385. The van der Waals surface area contributed by atoms with Crippen LogP contribution < -0.4 is 5.32 Å². The van der Waals surface area contributed by atoms with Crippen LogP contribution in [0.3, 0.4) is 0 Å². The fraction of sp³-hybridized carbons (Fsp3) is 0.364. The fourth-order valence-electron chi connectivity index (χ4n) is 1.47. The topological polar surface area (TPSA) is 72.2 Å². The van der Waals surface area contributed by atoms with Crippen LogP contribution >= 0.6 is 0 Å². The Kier molecular flexibility index (Phi) is 4.49. The molecule has 0 heterocycles. The van der Waals surface area contributed by atoms with E-state index in [1.807, 2.05) is 0 Å². The minimum atomic E-state index is -6.01. The Morgan fingerprint density at radius 3 is 2.33 bits per heavy atom. The Morgan fingerprint density at radius 2 is 1.86 bits per heavy atom. The molecule has 0 unspecified atom stereocenters. The van der Waals surface area contributed by atoms with Crippen molar-refractivity contribution < 1.29 is 31.7 Å². The second-order valence-corrected chi connectivity index (χ2v) is 4.07. The number of hydrogen-bond donors (Lipinski definition) is 1. The first-order valence-electron chi connectivity index (χ1n) is 5.44. The number of nitrogens with zero attached hydrogens (tertiary/aromatic N) is 1. The van der Waals surface area contributed by atoms with E-state index in [9.17, 15) is 36.9 Å². The average molecular weight is 312 g/mol. The smallest absolute Gasteiger partial charge is 0.346 e. The molecule has 5 nitrogen and oxygen atoms in total. The van der Waals surface area contributed by atoms with E-state index in [4.69, 9.17) is 0 Å². The van der Waals surface area contributed by atoms with Crippen molar-refractivity contribution in [3.63, 3.8) is 0 Å². The maximum Gasteiger partial charge on any atom is 0.463 e. The summed E-state index contributed by atoms with van der Waals surface area (Å²) in [5.41, 5.74) is -0.196. The van der Waals surface area contributed by atoms with Gasteiger partial charge in [-0.3, -0.25) is 14.9 Å². The summed E-state index contributed by atoms with van der Waals surface area (Å²) in [6.45, 7) is 0.611. The van der Waals surface area contributed by atoms with Gasteiger partial charge < -0.3 is 5.32 Å². The molecule has 0 bridgehead atoms. The number of alkyl halides is 5. The van der Waals surface area contributed by atoms with Gasteiger partial charge in [-0.05, 0) is 12.5 Å². The monoisotopic (exact) mass is 312 g/mol. The molecule has 0 aliphatic heterocycles. The number of nitrogens with one attached hydrogen (secondary N) is 1. The molecular formula is C11H9F5N2O3. The van der Waals surface area contributed by atoms with Crippen LogP contribution in [0.5, 0.6) is 0 Å². The zero-order chi connectivity index (χ0) is 16.4. The maximum atomic E-state index is 12.7. The molecule has 1 N–H and O–H groups in total. The molecule has 0 spiro atoms. The fourth-order valence-corrected chi connectivity index (χ4v) is 1.47. The Balaban J connectivity index is 2.88. The molecule has 0 fully saturated rings. The third kappa shape index (κ3) is 3.44. The van der Waals surface area contributed by atoms with E-state index in [0.717, 1.165) is 6.07 Å². The summed E-state index contributed by atoms with van der Waals surface area (Å²) in [7, 11) is 0. The molecule has 1 amide bonds. The van der Waals surface area contributed by atoms with Crippen LogP contribution in [-0.2, 0) is 11.3 Å². The first-order valence-corrected chi connectivity index (χ1v) is 5.44. The van der Waals surface area contributed by atoms with E-state index in [1.165, 1.54) is 24.4 Å². The second-order valence-electron chi connectivity index (χ2n) is 4.07. The summed E-state index contributed by atoms with van der Waals surface area (Å²) in [5, 5.41) is 12.1. The second kappa shape index (κ2) is 5.62. The summed E-state index contributed by atoms with van der Waals surface area (Å²) in [5.74, 6) is -8.04. The molecule has 1 aromatic rings. The van der Waals surface area contributed by atoms with Crippen molar-refractivity contribution in [3.8, 4) is 0 Å². The van der Waals surface area contributed by atoms with Crippen LogP contribution in [0.4, 0.5) is 27.6 Å². The van der Waals surface area contributed by atoms with Crippen molar-refractivity contribution >= 4 is 11.6 Å². The van der Waals surface area contributed by atoms with Crippen molar-refractivity contribution in [2.45, 2.75) is 25.6 Å². The highest BCUT2D eigenvalue weighted by atomic mass is 19.4. The van der Waals surface area contributed by atoms with Crippen molar-refractivity contribution in [1.29, 1.82) is 0 Å². The summed E-state index contributed by atoms with van der Waals surface area (Å²) in [4.78, 5) is 20.8. The Labute approximate surface area is 114 Å². The molecule has 0 aliphatic rings.